The fourth-order valence-corrected chi connectivity index (χ4v) is 4.41. The first kappa shape index (κ1) is 17.4. The maximum absolute atomic E-state index is 12.5. The van der Waals surface area contributed by atoms with Gasteiger partial charge in [-0.05, 0) is 37.2 Å². The first-order valence-corrected chi connectivity index (χ1v) is 10.3. The van der Waals surface area contributed by atoms with Crippen molar-refractivity contribution in [1.29, 1.82) is 0 Å². The first-order valence-electron chi connectivity index (χ1n) is 9.29. The highest BCUT2D eigenvalue weighted by Crippen LogP contribution is 2.32. The van der Waals surface area contributed by atoms with Crippen LogP contribution in [0.15, 0.2) is 51.8 Å². The zero-order chi connectivity index (χ0) is 17.9. The van der Waals surface area contributed by atoms with E-state index in [9.17, 15) is 4.79 Å². The SMILES string of the molecule is CCCN1CCN(C(=O)CSc2ccc3oc4ccccc4c3c2)CC1. The number of furan rings is 1. The van der Waals surface area contributed by atoms with Crippen LogP contribution in [0.1, 0.15) is 13.3 Å². The van der Waals surface area contributed by atoms with E-state index < -0.39 is 0 Å². The van der Waals surface area contributed by atoms with Crippen LogP contribution in [0, 0.1) is 0 Å². The van der Waals surface area contributed by atoms with Crippen LogP contribution >= 0.6 is 11.8 Å². The molecule has 1 aliphatic heterocycles. The second kappa shape index (κ2) is 7.72. The van der Waals surface area contributed by atoms with Crippen LogP contribution in [0.5, 0.6) is 0 Å². The lowest BCUT2D eigenvalue weighted by molar-refractivity contribution is -0.130. The Morgan fingerprint density at radius 1 is 1.04 bits per heavy atom. The number of thioether (sulfide) groups is 1. The molecule has 1 aliphatic rings. The van der Waals surface area contributed by atoms with Gasteiger partial charge in [-0.25, -0.2) is 0 Å². The number of amides is 1. The van der Waals surface area contributed by atoms with Gasteiger partial charge < -0.3 is 9.32 Å². The molecule has 0 N–H and O–H groups in total. The molecule has 0 atom stereocenters. The number of nitrogens with zero attached hydrogens (tertiary/aromatic N) is 2. The molecule has 136 valence electrons. The van der Waals surface area contributed by atoms with Gasteiger partial charge in [-0.2, -0.15) is 0 Å². The van der Waals surface area contributed by atoms with Gasteiger partial charge in [0.15, 0.2) is 0 Å². The predicted molar refractivity (Wildman–Crippen MR) is 108 cm³/mol. The molecule has 5 heteroatoms. The molecule has 2 aromatic carbocycles. The fraction of sp³-hybridized carbons (Fsp3) is 0.381. The average molecular weight is 369 g/mol. The highest BCUT2D eigenvalue weighted by Gasteiger charge is 2.20. The van der Waals surface area contributed by atoms with Gasteiger partial charge in [0.2, 0.25) is 5.91 Å². The molecule has 4 nitrogen and oxygen atoms in total. The van der Waals surface area contributed by atoms with Crippen molar-refractivity contribution in [1.82, 2.24) is 9.80 Å². The summed E-state index contributed by atoms with van der Waals surface area (Å²) in [6.45, 7) is 7.04. The molecule has 3 aromatic rings. The molecule has 1 aromatic heterocycles. The Hall–Kier alpha value is -1.98. The Morgan fingerprint density at radius 2 is 1.81 bits per heavy atom. The van der Waals surface area contributed by atoms with Gasteiger partial charge in [-0.3, -0.25) is 9.69 Å². The standard InChI is InChI=1S/C21H24N2O2S/c1-2-9-22-10-12-23(13-11-22)21(24)15-26-16-7-8-20-18(14-16)17-5-3-4-6-19(17)25-20/h3-8,14H,2,9-13,15H2,1H3. The maximum atomic E-state index is 12.5. The molecule has 4 rings (SSSR count). The summed E-state index contributed by atoms with van der Waals surface area (Å²) in [5, 5.41) is 2.24. The van der Waals surface area contributed by atoms with Crippen molar-refractivity contribution in [2.24, 2.45) is 0 Å². The van der Waals surface area contributed by atoms with E-state index in [4.69, 9.17) is 4.42 Å². The molecule has 0 spiro atoms. The van der Waals surface area contributed by atoms with E-state index >= 15 is 0 Å². The molecule has 0 saturated carbocycles. The Morgan fingerprint density at radius 3 is 2.62 bits per heavy atom. The monoisotopic (exact) mass is 368 g/mol. The molecule has 0 bridgehead atoms. The van der Waals surface area contributed by atoms with Gasteiger partial charge in [0.25, 0.3) is 0 Å². The van der Waals surface area contributed by atoms with Crippen molar-refractivity contribution in [2.75, 3.05) is 38.5 Å². The minimum absolute atomic E-state index is 0.239. The summed E-state index contributed by atoms with van der Waals surface area (Å²) in [6.07, 6.45) is 1.18. The number of carbonyl (C=O) groups is 1. The van der Waals surface area contributed by atoms with Crippen molar-refractivity contribution >= 4 is 39.6 Å². The van der Waals surface area contributed by atoms with Crippen LogP contribution in [-0.4, -0.2) is 54.2 Å². The Balaban J connectivity index is 1.40. The van der Waals surface area contributed by atoms with Crippen LogP contribution in [0.25, 0.3) is 21.9 Å². The van der Waals surface area contributed by atoms with Crippen LogP contribution < -0.4 is 0 Å². The largest absolute Gasteiger partial charge is 0.456 e. The summed E-state index contributed by atoms with van der Waals surface area (Å²) >= 11 is 1.61. The maximum Gasteiger partial charge on any atom is 0.233 e. The predicted octanol–water partition coefficient (Wildman–Crippen LogP) is 4.23. The van der Waals surface area contributed by atoms with E-state index in [0.717, 1.165) is 59.6 Å². The summed E-state index contributed by atoms with van der Waals surface area (Å²) in [5.74, 6) is 0.734. The molecule has 1 amide bonds. The third kappa shape index (κ3) is 3.60. The molecule has 26 heavy (non-hydrogen) atoms. The Labute approximate surface area is 158 Å². The number of piperazine rings is 1. The van der Waals surface area contributed by atoms with Crippen LogP contribution in [-0.2, 0) is 4.79 Å². The second-order valence-corrected chi connectivity index (χ2v) is 7.82. The molecule has 0 unspecified atom stereocenters. The number of carbonyl (C=O) groups excluding carboxylic acids is 1. The summed E-state index contributed by atoms with van der Waals surface area (Å²) in [4.78, 5) is 18.1. The van der Waals surface area contributed by atoms with E-state index in [1.54, 1.807) is 11.8 Å². The number of para-hydroxylation sites is 1. The summed E-state index contributed by atoms with van der Waals surface area (Å²) in [5.41, 5.74) is 1.81. The van der Waals surface area contributed by atoms with Crippen molar-refractivity contribution in [3.63, 3.8) is 0 Å². The van der Waals surface area contributed by atoms with Crippen LogP contribution in [0.2, 0.25) is 0 Å². The third-order valence-corrected chi connectivity index (χ3v) is 5.95. The van der Waals surface area contributed by atoms with Crippen molar-refractivity contribution in [3.8, 4) is 0 Å². The second-order valence-electron chi connectivity index (χ2n) is 6.77. The van der Waals surface area contributed by atoms with Crippen LogP contribution in [0.4, 0.5) is 0 Å². The van der Waals surface area contributed by atoms with Gasteiger partial charge in [-0.15, -0.1) is 11.8 Å². The molecule has 0 aliphatic carbocycles. The van der Waals surface area contributed by atoms with Gasteiger partial charge >= 0.3 is 0 Å². The Kier molecular flexibility index (Phi) is 5.18. The highest BCUT2D eigenvalue weighted by molar-refractivity contribution is 8.00. The number of hydrogen-bond acceptors (Lipinski definition) is 4. The average Bonchev–Trinajstić information content (AvgIpc) is 3.05. The normalized spacial score (nSPS) is 15.8. The minimum atomic E-state index is 0.239. The van der Waals surface area contributed by atoms with Crippen molar-refractivity contribution in [2.45, 2.75) is 18.2 Å². The van der Waals surface area contributed by atoms with Crippen LogP contribution in [0.3, 0.4) is 0 Å². The lowest BCUT2D eigenvalue weighted by Gasteiger charge is -2.34. The third-order valence-electron chi connectivity index (χ3n) is 4.98. The minimum Gasteiger partial charge on any atom is -0.456 e. The molecule has 2 heterocycles. The number of hydrogen-bond donors (Lipinski definition) is 0. The van der Waals surface area contributed by atoms with E-state index in [-0.39, 0.29) is 5.91 Å². The number of rotatable bonds is 5. The Bertz CT molecular complexity index is 913. The molecule has 0 radical (unpaired) electrons. The zero-order valence-corrected chi connectivity index (χ0v) is 15.9. The van der Waals surface area contributed by atoms with Crippen molar-refractivity contribution < 1.29 is 9.21 Å². The fourth-order valence-electron chi connectivity index (χ4n) is 3.57. The van der Waals surface area contributed by atoms with E-state index in [0.29, 0.717) is 5.75 Å². The molecule has 1 saturated heterocycles. The van der Waals surface area contributed by atoms with Gasteiger partial charge in [0, 0.05) is 41.8 Å². The summed E-state index contributed by atoms with van der Waals surface area (Å²) < 4.78 is 5.87. The number of fused-ring (bicyclic) bond motifs is 3. The lowest BCUT2D eigenvalue weighted by atomic mass is 10.1. The van der Waals surface area contributed by atoms with Gasteiger partial charge in [0.1, 0.15) is 11.2 Å². The quantitative estimate of drug-likeness (QED) is 0.632. The van der Waals surface area contributed by atoms with Crippen molar-refractivity contribution in [3.05, 3.63) is 42.5 Å². The first-order chi connectivity index (χ1) is 12.7. The van der Waals surface area contributed by atoms with E-state index in [1.165, 1.54) is 6.42 Å². The molecular formula is C21H24N2O2S. The van der Waals surface area contributed by atoms with Gasteiger partial charge in [0.05, 0.1) is 5.75 Å². The summed E-state index contributed by atoms with van der Waals surface area (Å²) in [7, 11) is 0. The topological polar surface area (TPSA) is 36.7 Å². The summed E-state index contributed by atoms with van der Waals surface area (Å²) in [6, 6.07) is 14.3. The highest BCUT2D eigenvalue weighted by atomic mass is 32.2. The smallest absolute Gasteiger partial charge is 0.233 e. The molecule has 1 fully saturated rings. The lowest BCUT2D eigenvalue weighted by Crippen LogP contribution is -2.49. The van der Waals surface area contributed by atoms with E-state index in [2.05, 4.69) is 24.0 Å². The number of benzene rings is 2. The van der Waals surface area contributed by atoms with E-state index in [1.807, 2.05) is 35.2 Å². The zero-order valence-electron chi connectivity index (χ0n) is 15.1. The molecular weight excluding hydrogens is 344 g/mol. The van der Waals surface area contributed by atoms with Gasteiger partial charge in [-0.1, -0.05) is 25.1 Å².